The van der Waals surface area contributed by atoms with E-state index in [1.807, 2.05) is 24.3 Å². The van der Waals surface area contributed by atoms with Gasteiger partial charge in [-0.1, -0.05) is 25.5 Å². The predicted octanol–water partition coefficient (Wildman–Crippen LogP) is 1.70. The molecule has 0 saturated heterocycles. The Balaban J connectivity index is 2.48. The average Bonchev–Trinajstić information content (AvgIpc) is 2.43. The molecule has 0 radical (unpaired) electrons. The minimum absolute atomic E-state index is 0.0685. The maximum absolute atomic E-state index is 11.5. The Morgan fingerprint density at radius 1 is 1.37 bits per heavy atom. The molecule has 5 nitrogen and oxygen atoms in total. The Bertz CT molecular complexity index is 438. The Labute approximate surface area is 116 Å². The number of rotatable bonds is 8. The number of benzene rings is 1. The quantitative estimate of drug-likeness (QED) is 0.679. The maximum Gasteiger partial charge on any atom is 0.220 e. The van der Waals surface area contributed by atoms with Crippen molar-refractivity contribution in [2.24, 2.45) is 0 Å². The summed E-state index contributed by atoms with van der Waals surface area (Å²) in [6, 6.07) is 7.49. The molecular weight excluding hydrogens is 262 g/mol. The van der Waals surface area contributed by atoms with Crippen LogP contribution in [0.3, 0.4) is 0 Å². The minimum atomic E-state index is -1.29. The number of hydrogen-bond acceptors (Lipinski definition) is 2. The van der Waals surface area contributed by atoms with Gasteiger partial charge in [-0.25, -0.2) is 8.93 Å². The standard InChI is InChI=1S/C13H21N3O2S/c1-3-4-8-13(17)15-10-11-6-5-7-12(9-11)16-19(18)14-2/h5-7,9,14,16H,3-4,8,10H2,1-2H3,(H,15,17). The van der Waals surface area contributed by atoms with Crippen LogP contribution in [0, 0.1) is 0 Å². The summed E-state index contributed by atoms with van der Waals surface area (Å²) < 4.78 is 16.7. The Hall–Kier alpha value is -1.40. The molecule has 1 aromatic rings. The summed E-state index contributed by atoms with van der Waals surface area (Å²) in [6.45, 7) is 2.55. The summed E-state index contributed by atoms with van der Waals surface area (Å²) in [5.41, 5.74) is 1.73. The van der Waals surface area contributed by atoms with Crippen molar-refractivity contribution < 1.29 is 9.00 Å². The van der Waals surface area contributed by atoms with Gasteiger partial charge in [0.05, 0.1) is 0 Å². The second kappa shape index (κ2) is 8.66. The Morgan fingerprint density at radius 3 is 2.84 bits per heavy atom. The molecule has 1 unspecified atom stereocenters. The fourth-order valence-electron chi connectivity index (χ4n) is 1.53. The number of amides is 1. The van der Waals surface area contributed by atoms with Gasteiger partial charge in [-0.3, -0.25) is 9.52 Å². The molecule has 1 atom stereocenters. The molecule has 1 rings (SSSR count). The molecule has 106 valence electrons. The van der Waals surface area contributed by atoms with Gasteiger partial charge in [-0.05, 0) is 31.2 Å². The first-order valence-electron chi connectivity index (χ1n) is 6.37. The summed E-state index contributed by atoms with van der Waals surface area (Å²) in [5.74, 6) is 0.0685. The van der Waals surface area contributed by atoms with Crippen molar-refractivity contribution in [2.75, 3.05) is 11.8 Å². The number of anilines is 1. The molecule has 0 saturated carbocycles. The van der Waals surface area contributed by atoms with E-state index in [1.54, 1.807) is 7.05 Å². The van der Waals surface area contributed by atoms with E-state index < -0.39 is 11.2 Å². The first kappa shape index (κ1) is 15.7. The molecule has 1 aromatic carbocycles. The molecule has 0 bridgehead atoms. The first-order valence-corrected chi connectivity index (χ1v) is 7.52. The van der Waals surface area contributed by atoms with Crippen molar-refractivity contribution in [3.8, 4) is 0 Å². The largest absolute Gasteiger partial charge is 0.352 e. The number of hydrogen-bond donors (Lipinski definition) is 3. The van der Waals surface area contributed by atoms with Crippen LogP contribution >= 0.6 is 0 Å². The molecule has 0 aliphatic carbocycles. The van der Waals surface area contributed by atoms with Crippen molar-refractivity contribution >= 4 is 22.8 Å². The molecule has 6 heteroatoms. The van der Waals surface area contributed by atoms with E-state index in [-0.39, 0.29) is 5.91 Å². The second-order valence-electron chi connectivity index (χ2n) is 4.16. The van der Waals surface area contributed by atoms with Gasteiger partial charge < -0.3 is 5.32 Å². The van der Waals surface area contributed by atoms with E-state index >= 15 is 0 Å². The Kier molecular flexibility index (Phi) is 7.14. The van der Waals surface area contributed by atoms with E-state index in [4.69, 9.17) is 0 Å². The van der Waals surface area contributed by atoms with Crippen LogP contribution in [0.5, 0.6) is 0 Å². The average molecular weight is 283 g/mol. The molecule has 0 heterocycles. The summed E-state index contributed by atoms with van der Waals surface area (Å²) >= 11 is -1.29. The second-order valence-corrected chi connectivity index (χ2v) is 5.31. The van der Waals surface area contributed by atoms with Crippen molar-refractivity contribution in [3.63, 3.8) is 0 Å². The van der Waals surface area contributed by atoms with Crippen LogP contribution in [-0.2, 0) is 22.5 Å². The lowest BCUT2D eigenvalue weighted by Gasteiger charge is -2.08. The molecule has 0 spiro atoms. The highest BCUT2D eigenvalue weighted by atomic mass is 32.2. The highest BCUT2D eigenvalue weighted by Crippen LogP contribution is 2.10. The van der Waals surface area contributed by atoms with Crippen LogP contribution in [0.4, 0.5) is 5.69 Å². The maximum atomic E-state index is 11.5. The predicted molar refractivity (Wildman–Crippen MR) is 78.6 cm³/mol. The van der Waals surface area contributed by atoms with E-state index in [0.717, 1.165) is 24.1 Å². The lowest BCUT2D eigenvalue weighted by molar-refractivity contribution is -0.121. The van der Waals surface area contributed by atoms with Crippen molar-refractivity contribution in [3.05, 3.63) is 29.8 Å². The van der Waals surface area contributed by atoms with E-state index in [0.29, 0.717) is 13.0 Å². The van der Waals surface area contributed by atoms with Crippen LogP contribution in [-0.4, -0.2) is 17.2 Å². The lowest BCUT2D eigenvalue weighted by atomic mass is 10.2. The van der Waals surface area contributed by atoms with Crippen LogP contribution in [0.25, 0.3) is 0 Å². The van der Waals surface area contributed by atoms with Crippen LogP contribution in [0.15, 0.2) is 24.3 Å². The molecule has 3 N–H and O–H groups in total. The zero-order valence-corrected chi connectivity index (χ0v) is 12.2. The first-order chi connectivity index (χ1) is 9.15. The van der Waals surface area contributed by atoms with Gasteiger partial charge in [-0.2, -0.15) is 0 Å². The fourth-order valence-corrected chi connectivity index (χ4v) is 1.97. The lowest BCUT2D eigenvalue weighted by Crippen LogP contribution is -2.22. The van der Waals surface area contributed by atoms with Gasteiger partial charge >= 0.3 is 0 Å². The summed E-state index contributed by atoms with van der Waals surface area (Å²) in [7, 11) is 1.61. The van der Waals surface area contributed by atoms with Crippen LogP contribution in [0.1, 0.15) is 31.7 Å². The summed E-state index contributed by atoms with van der Waals surface area (Å²) in [5, 5.41) is 2.87. The van der Waals surface area contributed by atoms with E-state index in [2.05, 4.69) is 21.7 Å². The minimum Gasteiger partial charge on any atom is -0.352 e. The van der Waals surface area contributed by atoms with E-state index in [1.165, 1.54) is 0 Å². The smallest absolute Gasteiger partial charge is 0.220 e. The Morgan fingerprint density at radius 2 is 2.16 bits per heavy atom. The van der Waals surface area contributed by atoms with Gasteiger partial charge in [0.25, 0.3) is 0 Å². The third-order valence-electron chi connectivity index (χ3n) is 2.57. The third-order valence-corrected chi connectivity index (χ3v) is 3.36. The van der Waals surface area contributed by atoms with Crippen molar-refractivity contribution in [1.82, 2.24) is 10.0 Å². The van der Waals surface area contributed by atoms with Gasteiger partial charge in [0.1, 0.15) is 0 Å². The SMILES string of the molecule is CCCCC(=O)NCc1cccc(NS(=O)NC)c1. The van der Waals surface area contributed by atoms with Gasteiger partial charge in [0.2, 0.25) is 5.91 Å². The monoisotopic (exact) mass is 283 g/mol. The molecule has 0 aromatic heterocycles. The molecule has 0 fully saturated rings. The number of carbonyl (C=O) groups excluding carboxylic acids is 1. The highest BCUT2D eigenvalue weighted by molar-refractivity contribution is 7.84. The number of unbranched alkanes of at least 4 members (excludes halogenated alkanes) is 1. The zero-order valence-electron chi connectivity index (χ0n) is 11.4. The molecule has 1 amide bonds. The van der Waals surface area contributed by atoms with Crippen LogP contribution < -0.4 is 14.8 Å². The molecule has 0 aliphatic rings. The van der Waals surface area contributed by atoms with E-state index in [9.17, 15) is 9.00 Å². The van der Waals surface area contributed by atoms with Crippen molar-refractivity contribution in [1.29, 1.82) is 0 Å². The topological polar surface area (TPSA) is 70.2 Å². The molecule has 0 aliphatic heterocycles. The zero-order chi connectivity index (χ0) is 14.1. The third kappa shape index (κ3) is 6.35. The molecule has 19 heavy (non-hydrogen) atoms. The van der Waals surface area contributed by atoms with Crippen LogP contribution in [0.2, 0.25) is 0 Å². The molecular formula is C13H21N3O2S. The van der Waals surface area contributed by atoms with Crippen molar-refractivity contribution in [2.45, 2.75) is 32.7 Å². The summed E-state index contributed by atoms with van der Waals surface area (Å²) in [4.78, 5) is 11.5. The van der Waals surface area contributed by atoms with Gasteiger partial charge in [0.15, 0.2) is 11.2 Å². The number of carbonyl (C=O) groups is 1. The summed E-state index contributed by atoms with van der Waals surface area (Å²) in [6.07, 6.45) is 2.50. The van der Waals surface area contributed by atoms with Gasteiger partial charge in [-0.15, -0.1) is 0 Å². The highest BCUT2D eigenvalue weighted by Gasteiger charge is 2.02. The normalized spacial score (nSPS) is 11.9. The van der Waals surface area contributed by atoms with Gasteiger partial charge in [0, 0.05) is 18.7 Å². The number of nitrogens with one attached hydrogen (secondary N) is 3. The fraction of sp³-hybridized carbons (Fsp3) is 0.462.